The van der Waals surface area contributed by atoms with Crippen LogP contribution in [0.4, 0.5) is 0 Å². The van der Waals surface area contributed by atoms with Gasteiger partial charge in [-0.05, 0) is 33.1 Å². The molecular weight excluding hydrogens is 208 g/mol. The maximum Gasteiger partial charge on any atom is 0.305 e. The van der Waals surface area contributed by atoms with Crippen molar-refractivity contribution in [1.82, 2.24) is 0 Å². The minimum absolute atomic E-state index is 0.150. The van der Waals surface area contributed by atoms with E-state index in [-0.39, 0.29) is 18.2 Å². The predicted octanol–water partition coefficient (Wildman–Crippen LogP) is 1.91. The van der Waals surface area contributed by atoms with Crippen LogP contribution in [-0.4, -0.2) is 38.0 Å². The monoisotopic (exact) mass is 230 g/mol. The molecule has 0 radical (unpaired) electrons. The first-order chi connectivity index (χ1) is 7.68. The third-order valence-corrected chi connectivity index (χ3v) is 2.49. The normalized spacial score (nSPS) is 20.3. The maximum absolute atomic E-state index is 11.3. The summed E-state index contributed by atoms with van der Waals surface area (Å²) in [6, 6.07) is 0. The van der Waals surface area contributed by atoms with Crippen LogP contribution < -0.4 is 0 Å². The fraction of sp³-hybridized carbons (Fsp3) is 0.917. The Kier molecular flexibility index (Phi) is 6.42. The van der Waals surface area contributed by atoms with Crippen LogP contribution in [-0.2, 0) is 19.0 Å². The van der Waals surface area contributed by atoms with Crippen molar-refractivity contribution >= 4 is 5.97 Å². The molecule has 0 aromatic rings. The maximum atomic E-state index is 11.3. The summed E-state index contributed by atoms with van der Waals surface area (Å²) in [5.41, 5.74) is 0. The summed E-state index contributed by atoms with van der Waals surface area (Å²) in [6.07, 6.45) is 3.87. The smallest absolute Gasteiger partial charge is 0.305 e. The fourth-order valence-corrected chi connectivity index (χ4v) is 1.66. The number of carbonyl (C=O) groups is 1. The van der Waals surface area contributed by atoms with E-state index in [1.165, 1.54) is 0 Å². The number of carbonyl (C=O) groups excluding carboxylic acids is 1. The lowest BCUT2D eigenvalue weighted by Gasteiger charge is -2.10. The summed E-state index contributed by atoms with van der Waals surface area (Å²) in [6.45, 7) is 5.58. The molecule has 1 aliphatic heterocycles. The highest BCUT2D eigenvalue weighted by Gasteiger charge is 2.16. The van der Waals surface area contributed by atoms with Gasteiger partial charge in [0.2, 0.25) is 0 Å². The Morgan fingerprint density at radius 1 is 1.44 bits per heavy atom. The van der Waals surface area contributed by atoms with Gasteiger partial charge in [0, 0.05) is 13.0 Å². The van der Waals surface area contributed by atoms with Gasteiger partial charge in [0.1, 0.15) is 6.61 Å². The molecule has 16 heavy (non-hydrogen) atoms. The van der Waals surface area contributed by atoms with Crippen molar-refractivity contribution in [3.63, 3.8) is 0 Å². The van der Waals surface area contributed by atoms with Gasteiger partial charge in [0.05, 0.1) is 18.8 Å². The van der Waals surface area contributed by atoms with Gasteiger partial charge < -0.3 is 14.2 Å². The molecule has 94 valence electrons. The molecule has 0 aromatic carbocycles. The van der Waals surface area contributed by atoms with Gasteiger partial charge in [-0.15, -0.1) is 0 Å². The molecule has 0 spiro atoms. The minimum Gasteiger partial charge on any atom is -0.463 e. The number of hydrogen-bond acceptors (Lipinski definition) is 4. The summed E-state index contributed by atoms with van der Waals surface area (Å²) in [4.78, 5) is 11.3. The molecule has 4 heteroatoms. The molecular formula is C12H22O4. The van der Waals surface area contributed by atoms with Crippen LogP contribution in [0.2, 0.25) is 0 Å². The van der Waals surface area contributed by atoms with Crippen molar-refractivity contribution in [2.45, 2.75) is 51.7 Å². The molecule has 0 amide bonds. The molecule has 1 unspecified atom stereocenters. The third-order valence-electron chi connectivity index (χ3n) is 2.49. The van der Waals surface area contributed by atoms with Crippen molar-refractivity contribution < 1.29 is 19.0 Å². The Hall–Kier alpha value is -0.610. The van der Waals surface area contributed by atoms with E-state index in [0.29, 0.717) is 19.6 Å². The molecule has 0 bridgehead atoms. The highest BCUT2D eigenvalue weighted by molar-refractivity contribution is 5.69. The Labute approximate surface area is 97.2 Å². The van der Waals surface area contributed by atoms with Gasteiger partial charge in [-0.2, -0.15) is 0 Å². The van der Waals surface area contributed by atoms with E-state index in [4.69, 9.17) is 14.2 Å². The van der Waals surface area contributed by atoms with E-state index in [0.717, 1.165) is 25.9 Å². The van der Waals surface area contributed by atoms with Gasteiger partial charge in [-0.25, -0.2) is 0 Å². The van der Waals surface area contributed by atoms with Crippen molar-refractivity contribution in [3.05, 3.63) is 0 Å². The molecule has 1 aliphatic rings. The lowest BCUT2D eigenvalue weighted by Crippen LogP contribution is -2.15. The summed E-state index contributed by atoms with van der Waals surface area (Å²) in [5.74, 6) is -0.150. The van der Waals surface area contributed by atoms with Crippen molar-refractivity contribution in [2.24, 2.45) is 0 Å². The first kappa shape index (κ1) is 13.5. The second-order valence-electron chi connectivity index (χ2n) is 4.31. The van der Waals surface area contributed by atoms with Crippen LogP contribution in [0.15, 0.2) is 0 Å². The van der Waals surface area contributed by atoms with Gasteiger partial charge in [0.15, 0.2) is 0 Å². The Balaban J connectivity index is 1.94. The zero-order chi connectivity index (χ0) is 11.8. The van der Waals surface area contributed by atoms with Crippen molar-refractivity contribution in [2.75, 3.05) is 19.8 Å². The van der Waals surface area contributed by atoms with Crippen LogP contribution in [0.1, 0.15) is 39.5 Å². The predicted molar refractivity (Wildman–Crippen MR) is 60.3 cm³/mol. The quantitative estimate of drug-likeness (QED) is 0.495. The molecule has 1 atom stereocenters. The first-order valence-corrected chi connectivity index (χ1v) is 6.07. The Morgan fingerprint density at radius 3 is 2.88 bits per heavy atom. The molecule has 1 fully saturated rings. The molecule has 4 nitrogen and oxygen atoms in total. The van der Waals surface area contributed by atoms with Gasteiger partial charge >= 0.3 is 5.97 Å². The summed E-state index contributed by atoms with van der Waals surface area (Å²) in [7, 11) is 0. The summed E-state index contributed by atoms with van der Waals surface area (Å²) in [5, 5.41) is 0. The molecule has 1 rings (SSSR count). The van der Waals surface area contributed by atoms with E-state index in [2.05, 4.69) is 0 Å². The zero-order valence-electron chi connectivity index (χ0n) is 10.2. The van der Waals surface area contributed by atoms with Gasteiger partial charge in [-0.1, -0.05) is 0 Å². The molecule has 1 saturated heterocycles. The summed E-state index contributed by atoms with van der Waals surface area (Å²) < 4.78 is 15.7. The number of hydrogen-bond donors (Lipinski definition) is 0. The zero-order valence-corrected chi connectivity index (χ0v) is 10.2. The summed E-state index contributed by atoms with van der Waals surface area (Å²) >= 11 is 0. The standard InChI is InChI=1S/C12H22O4/c1-10(2)14-8-9-16-12(13)6-5-11-4-3-7-15-11/h10-11H,3-9H2,1-2H3. The largest absolute Gasteiger partial charge is 0.463 e. The van der Waals surface area contributed by atoms with Gasteiger partial charge in [0.25, 0.3) is 0 Å². The first-order valence-electron chi connectivity index (χ1n) is 6.07. The second-order valence-corrected chi connectivity index (χ2v) is 4.31. The highest BCUT2D eigenvalue weighted by Crippen LogP contribution is 2.16. The molecule has 0 aliphatic carbocycles. The Bertz CT molecular complexity index is 197. The number of rotatable bonds is 7. The lowest BCUT2D eigenvalue weighted by atomic mass is 10.1. The average molecular weight is 230 g/mol. The molecule has 1 heterocycles. The van der Waals surface area contributed by atoms with Crippen LogP contribution in [0.3, 0.4) is 0 Å². The van der Waals surface area contributed by atoms with Crippen LogP contribution in [0, 0.1) is 0 Å². The van der Waals surface area contributed by atoms with Gasteiger partial charge in [-0.3, -0.25) is 4.79 Å². The lowest BCUT2D eigenvalue weighted by molar-refractivity contribution is -0.146. The fourth-order valence-electron chi connectivity index (χ4n) is 1.66. The molecule has 0 aromatic heterocycles. The minimum atomic E-state index is -0.150. The molecule has 0 saturated carbocycles. The highest BCUT2D eigenvalue weighted by atomic mass is 16.6. The van der Waals surface area contributed by atoms with E-state index >= 15 is 0 Å². The van der Waals surface area contributed by atoms with Crippen LogP contribution >= 0.6 is 0 Å². The van der Waals surface area contributed by atoms with E-state index in [9.17, 15) is 4.79 Å². The molecule has 0 N–H and O–H groups in total. The topological polar surface area (TPSA) is 44.8 Å². The number of esters is 1. The number of ether oxygens (including phenoxy) is 3. The third kappa shape index (κ3) is 6.08. The van der Waals surface area contributed by atoms with Crippen molar-refractivity contribution in [3.8, 4) is 0 Å². The average Bonchev–Trinajstić information content (AvgIpc) is 2.74. The second kappa shape index (κ2) is 7.63. The van der Waals surface area contributed by atoms with Crippen LogP contribution in [0.25, 0.3) is 0 Å². The van der Waals surface area contributed by atoms with Crippen molar-refractivity contribution in [1.29, 1.82) is 0 Å². The van der Waals surface area contributed by atoms with E-state index in [1.54, 1.807) is 0 Å². The van der Waals surface area contributed by atoms with E-state index in [1.807, 2.05) is 13.8 Å². The van der Waals surface area contributed by atoms with Crippen LogP contribution in [0.5, 0.6) is 0 Å². The van der Waals surface area contributed by atoms with E-state index < -0.39 is 0 Å². The Morgan fingerprint density at radius 2 is 2.25 bits per heavy atom. The SMILES string of the molecule is CC(C)OCCOC(=O)CCC1CCCO1.